The van der Waals surface area contributed by atoms with E-state index in [0.717, 1.165) is 4.47 Å². The van der Waals surface area contributed by atoms with E-state index in [0.29, 0.717) is 5.75 Å². The molecule has 0 radical (unpaired) electrons. The van der Waals surface area contributed by atoms with Gasteiger partial charge in [0.25, 0.3) is 0 Å². The van der Waals surface area contributed by atoms with Crippen LogP contribution in [0, 0.1) is 0 Å². The quantitative estimate of drug-likeness (QED) is 0.775. The Hall–Kier alpha value is -0.830. The van der Waals surface area contributed by atoms with Gasteiger partial charge in [-0.2, -0.15) is 0 Å². The Morgan fingerprint density at radius 1 is 1.58 bits per heavy atom. The summed E-state index contributed by atoms with van der Waals surface area (Å²) in [7, 11) is 0. The average Bonchev–Trinajstić information content (AvgIpc) is 2.01. The van der Waals surface area contributed by atoms with Crippen LogP contribution in [-0.4, -0.2) is 6.61 Å². The van der Waals surface area contributed by atoms with Crippen molar-refractivity contribution >= 4 is 15.9 Å². The molecule has 1 rings (SSSR count). The highest BCUT2D eigenvalue weighted by atomic mass is 79.9. The largest absolute Gasteiger partial charge is 0.486 e. The van der Waals surface area contributed by atoms with Crippen molar-refractivity contribution < 1.29 is 9.13 Å². The fourth-order valence-corrected chi connectivity index (χ4v) is 1.10. The van der Waals surface area contributed by atoms with Crippen molar-refractivity contribution in [2.45, 2.75) is 0 Å². The Bertz CT molecular complexity index is 286. The Balaban J connectivity index is 2.57. The second-order valence-corrected chi connectivity index (χ2v) is 3.18. The van der Waals surface area contributed by atoms with E-state index < -0.39 is 5.83 Å². The van der Waals surface area contributed by atoms with Gasteiger partial charge < -0.3 is 4.74 Å². The van der Waals surface area contributed by atoms with Crippen molar-refractivity contribution in [1.29, 1.82) is 0 Å². The molecular formula is C9H8BrFO. The molecule has 64 valence electrons. The van der Waals surface area contributed by atoms with E-state index >= 15 is 0 Å². The number of ether oxygens (including phenoxy) is 1. The number of halogens is 2. The Kier molecular flexibility index (Phi) is 3.29. The first-order chi connectivity index (χ1) is 5.68. The van der Waals surface area contributed by atoms with Crippen LogP contribution in [0.2, 0.25) is 0 Å². The van der Waals surface area contributed by atoms with Crippen LogP contribution in [0.1, 0.15) is 0 Å². The summed E-state index contributed by atoms with van der Waals surface area (Å²) in [6.45, 7) is 3.00. The first-order valence-corrected chi connectivity index (χ1v) is 4.19. The molecule has 0 saturated heterocycles. The van der Waals surface area contributed by atoms with Crippen molar-refractivity contribution in [3.05, 3.63) is 41.1 Å². The Labute approximate surface area is 79.0 Å². The van der Waals surface area contributed by atoms with E-state index in [1.807, 2.05) is 12.1 Å². The van der Waals surface area contributed by atoms with Gasteiger partial charge in [0, 0.05) is 4.47 Å². The molecule has 0 aliphatic heterocycles. The van der Waals surface area contributed by atoms with Gasteiger partial charge in [-0.25, -0.2) is 4.39 Å². The molecule has 1 aromatic carbocycles. The van der Waals surface area contributed by atoms with E-state index in [9.17, 15) is 4.39 Å². The Morgan fingerprint density at radius 3 is 2.92 bits per heavy atom. The maximum Gasteiger partial charge on any atom is 0.139 e. The molecule has 0 bridgehead atoms. The number of rotatable bonds is 3. The third-order valence-electron chi connectivity index (χ3n) is 1.19. The van der Waals surface area contributed by atoms with Crippen molar-refractivity contribution in [2.75, 3.05) is 6.61 Å². The van der Waals surface area contributed by atoms with Gasteiger partial charge in [0.1, 0.15) is 18.2 Å². The molecule has 0 unspecified atom stereocenters. The predicted octanol–water partition coefficient (Wildman–Crippen LogP) is 3.31. The van der Waals surface area contributed by atoms with Crippen LogP contribution in [0.3, 0.4) is 0 Å². The molecule has 0 saturated carbocycles. The fraction of sp³-hybridized carbons (Fsp3) is 0.111. The van der Waals surface area contributed by atoms with Crippen molar-refractivity contribution in [3.63, 3.8) is 0 Å². The van der Waals surface area contributed by atoms with E-state index in [-0.39, 0.29) is 6.61 Å². The average molecular weight is 231 g/mol. The van der Waals surface area contributed by atoms with E-state index in [2.05, 4.69) is 22.5 Å². The second-order valence-electron chi connectivity index (χ2n) is 2.26. The third-order valence-corrected chi connectivity index (χ3v) is 1.68. The SMILES string of the molecule is C=C(F)COc1cccc(Br)c1. The molecule has 0 atom stereocenters. The molecule has 3 heteroatoms. The topological polar surface area (TPSA) is 9.23 Å². The zero-order valence-corrected chi connectivity index (χ0v) is 7.97. The maximum atomic E-state index is 12.2. The van der Waals surface area contributed by atoms with Gasteiger partial charge in [0.15, 0.2) is 0 Å². The molecule has 1 aromatic rings. The minimum absolute atomic E-state index is 0.0869. The molecule has 0 N–H and O–H groups in total. The molecule has 1 nitrogen and oxygen atoms in total. The summed E-state index contributed by atoms with van der Waals surface area (Å²) in [5.41, 5.74) is 0. The lowest BCUT2D eigenvalue weighted by Gasteiger charge is -2.03. The third kappa shape index (κ3) is 3.05. The van der Waals surface area contributed by atoms with Crippen LogP contribution < -0.4 is 4.74 Å². The lowest BCUT2D eigenvalue weighted by atomic mass is 10.3. The van der Waals surface area contributed by atoms with Crippen molar-refractivity contribution in [1.82, 2.24) is 0 Å². The van der Waals surface area contributed by atoms with Crippen LogP contribution in [0.4, 0.5) is 4.39 Å². The minimum Gasteiger partial charge on any atom is -0.486 e. The molecule has 0 spiro atoms. The first-order valence-electron chi connectivity index (χ1n) is 3.40. The molecule has 0 aliphatic carbocycles. The van der Waals surface area contributed by atoms with E-state index in [1.165, 1.54) is 0 Å². The summed E-state index contributed by atoms with van der Waals surface area (Å²) >= 11 is 3.27. The predicted molar refractivity (Wildman–Crippen MR) is 49.9 cm³/mol. The van der Waals surface area contributed by atoms with Gasteiger partial charge in [-0.1, -0.05) is 28.6 Å². The normalized spacial score (nSPS) is 9.50. The Morgan fingerprint density at radius 2 is 2.33 bits per heavy atom. The molecule has 0 aliphatic rings. The molecule has 0 heterocycles. The molecular weight excluding hydrogens is 223 g/mol. The molecule has 0 fully saturated rings. The molecule has 12 heavy (non-hydrogen) atoms. The zero-order valence-electron chi connectivity index (χ0n) is 6.39. The van der Waals surface area contributed by atoms with Gasteiger partial charge in [-0.15, -0.1) is 0 Å². The van der Waals surface area contributed by atoms with Crippen LogP contribution >= 0.6 is 15.9 Å². The van der Waals surface area contributed by atoms with E-state index in [1.54, 1.807) is 12.1 Å². The highest BCUT2D eigenvalue weighted by molar-refractivity contribution is 9.10. The highest BCUT2D eigenvalue weighted by Gasteiger charge is 1.95. The summed E-state index contributed by atoms with van der Waals surface area (Å²) in [4.78, 5) is 0. The van der Waals surface area contributed by atoms with E-state index in [4.69, 9.17) is 4.74 Å². The fourth-order valence-electron chi connectivity index (χ4n) is 0.718. The summed E-state index contributed by atoms with van der Waals surface area (Å²) in [5.74, 6) is 0.151. The second kappa shape index (κ2) is 4.26. The van der Waals surface area contributed by atoms with Crippen molar-refractivity contribution in [3.8, 4) is 5.75 Å². The zero-order chi connectivity index (χ0) is 8.97. The lowest BCUT2D eigenvalue weighted by Crippen LogP contribution is -1.96. The van der Waals surface area contributed by atoms with Gasteiger partial charge in [0.05, 0.1) is 0 Å². The van der Waals surface area contributed by atoms with Gasteiger partial charge in [-0.3, -0.25) is 0 Å². The summed E-state index contributed by atoms with van der Waals surface area (Å²) in [5, 5.41) is 0. The highest BCUT2D eigenvalue weighted by Crippen LogP contribution is 2.17. The molecule has 0 amide bonds. The summed E-state index contributed by atoms with van der Waals surface area (Å²) < 4.78 is 18.1. The number of benzene rings is 1. The van der Waals surface area contributed by atoms with Gasteiger partial charge in [0.2, 0.25) is 0 Å². The summed E-state index contributed by atoms with van der Waals surface area (Å²) in [6.07, 6.45) is 0. The van der Waals surface area contributed by atoms with Crippen molar-refractivity contribution in [2.24, 2.45) is 0 Å². The lowest BCUT2D eigenvalue weighted by molar-refractivity contribution is 0.320. The monoisotopic (exact) mass is 230 g/mol. The standard InChI is InChI=1S/C9H8BrFO/c1-7(11)6-12-9-4-2-3-8(10)5-9/h2-5H,1,6H2. The summed E-state index contributed by atoms with van der Waals surface area (Å²) in [6, 6.07) is 7.22. The van der Waals surface area contributed by atoms with Gasteiger partial charge in [-0.05, 0) is 18.2 Å². The minimum atomic E-state index is -0.477. The van der Waals surface area contributed by atoms with Gasteiger partial charge >= 0.3 is 0 Å². The smallest absolute Gasteiger partial charge is 0.139 e. The molecule has 0 aromatic heterocycles. The first kappa shape index (κ1) is 9.26. The van der Waals surface area contributed by atoms with Crippen LogP contribution in [0.5, 0.6) is 5.75 Å². The van der Waals surface area contributed by atoms with Crippen LogP contribution in [0.15, 0.2) is 41.1 Å². The maximum absolute atomic E-state index is 12.2. The van der Waals surface area contributed by atoms with Crippen LogP contribution in [-0.2, 0) is 0 Å². The number of hydrogen-bond acceptors (Lipinski definition) is 1. The number of hydrogen-bond donors (Lipinski definition) is 0. The van der Waals surface area contributed by atoms with Crippen LogP contribution in [0.25, 0.3) is 0 Å².